The van der Waals surface area contributed by atoms with E-state index >= 15 is 0 Å². The largest absolute Gasteiger partial charge is 0.467 e. The van der Waals surface area contributed by atoms with Gasteiger partial charge in [-0.2, -0.15) is 4.98 Å². The molecular formula is C26H28N8O2. The summed E-state index contributed by atoms with van der Waals surface area (Å²) in [6, 6.07) is 12.2. The van der Waals surface area contributed by atoms with Crippen molar-refractivity contribution in [2.24, 2.45) is 5.92 Å². The average Bonchev–Trinajstić information content (AvgIpc) is 3.68. The van der Waals surface area contributed by atoms with Gasteiger partial charge in [-0.15, -0.1) is 0 Å². The highest BCUT2D eigenvalue weighted by Crippen LogP contribution is 2.31. The number of nitrogens with zero attached hydrogens (tertiary/aromatic N) is 6. The van der Waals surface area contributed by atoms with Crippen LogP contribution in [-0.4, -0.2) is 73.9 Å². The van der Waals surface area contributed by atoms with Crippen molar-refractivity contribution >= 4 is 28.7 Å². The Morgan fingerprint density at radius 2 is 1.89 bits per heavy atom. The fraction of sp³-hybridized carbons (Fsp3) is 0.346. The molecule has 0 spiro atoms. The van der Waals surface area contributed by atoms with Crippen LogP contribution in [0.5, 0.6) is 6.01 Å². The van der Waals surface area contributed by atoms with E-state index in [1.807, 2.05) is 47.5 Å². The molecule has 10 nitrogen and oxygen atoms in total. The van der Waals surface area contributed by atoms with Gasteiger partial charge in [0, 0.05) is 56.6 Å². The third-order valence-electron chi connectivity index (χ3n) is 6.68. The zero-order chi connectivity index (χ0) is 24.5. The molecule has 184 valence electrons. The van der Waals surface area contributed by atoms with Crippen molar-refractivity contribution in [3.05, 3.63) is 54.4 Å². The minimum Gasteiger partial charge on any atom is -0.467 e. The van der Waals surface area contributed by atoms with Crippen molar-refractivity contribution in [3.63, 3.8) is 0 Å². The first-order chi connectivity index (χ1) is 17.6. The number of carbonyl (C=O) groups is 1. The first-order valence-corrected chi connectivity index (χ1v) is 12.2. The molecule has 4 aromatic rings. The predicted octanol–water partition coefficient (Wildman–Crippen LogP) is 3.22. The summed E-state index contributed by atoms with van der Waals surface area (Å²) < 4.78 is 5.14. The van der Waals surface area contributed by atoms with E-state index in [9.17, 15) is 4.79 Å². The van der Waals surface area contributed by atoms with Crippen molar-refractivity contribution in [1.29, 1.82) is 0 Å². The van der Waals surface area contributed by atoms with E-state index in [-0.39, 0.29) is 0 Å². The van der Waals surface area contributed by atoms with E-state index in [2.05, 4.69) is 35.1 Å². The molecule has 1 saturated carbocycles. The van der Waals surface area contributed by atoms with Crippen LogP contribution in [0.25, 0.3) is 22.3 Å². The number of hydrogen-bond acceptors (Lipinski definition) is 8. The molecule has 4 heterocycles. The number of aromatic amines is 1. The van der Waals surface area contributed by atoms with Gasteiger partial charge in [0.25, 0.3) is 0 Å². The highest BCUT2D eigenvalue weighted by molar-refractivity contribution is 5.83. The number of rotatable bonds is 7. The number of benzene rings is 1. The number of methoxy groups -OCH3 is 1. The lowest BCUT2D eigenvalue weighted by atomic mass is 10.1. The Bertz CT molecular complexity index is 1390. The smallest absolute Gasteiger partial charge is 0.316 e. The van der Waals surface area contributed by atoms with Crippen molar-refractivity contribution in [2.75, 3.05) is 38.6 Å². The van der Waals surface area contributed by atoms with Gasteiger partial charge in [0.15, 0.2) is 0 Å². The summed E-state index contributed by atoms with van der Waals surface area (Å²) in [6.45, 7) is 4.25. The zero-order valence-corrected chi connectivity index (χ0v) is 20.1. The Balaban J connectivity index is 1.11. The lowest BCUT2D eigenvalue weighted by Gasteiger charge is -2.34. The lowest BCUT2D eigenvalue weighted by Crippen LogP contribution is -2.48. The number of carbonyl (C=O) groups excluding carboxylic acids is 1. The normalized spacial score (nSPS) is 16.3. The van der Waals surface area contributed by atoms with Crippen LogP contribution in [0.2, 0.25) is 0 Å². The Labute approximate surface area is 208 Å². The molecule has 1 amide bonds. The van der Waals surface area contributed by atoms with Gasteiger partial charge in [-0.3, -0.25) is 9.69 Å². The molecule has 6 rings (SSSR count). The fourth-order valence-electron chi connectivity index (χ4n) is 4.56. The van der Waals surface area contributed by atoms with Crippen LogP contribution in [0.3, 0.4) is 0 Å². The summed E-state index contributed by atoms with van der Waals surface area (Å²) in [5.74, 6) is 2.00. The van der Waals surface area contributed by atoms with Gasteiger partial charge in [0.2, 0.25) is 11.9 Å². The number of fused-ring (bicyclic) bond motifs is 1. The van der Waals surface area contributed by atoms with Crippen molar-refractivity contribution in [2.45, 2.75) is 19.4 Å². The van der Waals surface area contributed by atoms with Gasteiger partial charge >= 0.3 is 6.01 Å². The predicted molar refractivity (Wildman–Crippen MR) is 136 cm³/mol. The summed E-state index contributed by atoms with van der Waals surface area (Å²) in [7, 11) is 1.55. The van der Waals surface area contributed by atoms with E-state index in [4.69, 9.17) is 4.74 Å². The highest BCUT2D eigenvalue weighted by Gasteiger charge is 2.34. The van der Waals surface area contributed by atoms with Crippen LogP contribution in [0, 0.1) is 5.92 Å². The number of nitrogens with one attached hydrogen (secondary N) is 2. The second kappa shape index (κ2) is 9.54. The first-order valence-electron chi connectivity index (χ1n) is 12.2. The van der Waals surface area contributed by atoms with Crippen molar-refractivity contribution in [3.8, 4) is 17.3 Å². The Kier molecular flexibility index (Phi) is 5.94. The molecule has 3 aromatic heterocycles. The SMILES string of the molecule is COc1nccc(-c2ccc3nc(Nc4cc(CN5CCN(C(=O)C6CC6)CC5)ccn4)[nH]c3c2)n1. The van der Waals surface area contributed by atoms with E-state index in [1.165, 1.54) is 5.56 Å². The van der Waals surface area contributed by atoms with Crippen LogP contribution in [0.1, 0.15) is 18.4 Å². The third kappa shape index (κ3) is 4.85. The number of pyridine rings is 1. The summed E-state index contributed by atoms with van der Waals surface area (Å²) in [5, 5.41) is 3.30. The van der Waals surface area contributed by atoms with Gasteiger partial charge in [0.1, 0.15) is 5.82 Å². The number of hydrogen-bond donors (Lipinski definition) is 2. The molecule has 0 bridgehead atoms. The van der Waals surface area contributed by atoms with E-state index in [0.717, 1.165) is 73.7 Å². The molecule has 1 saturated heterocycles. The van der Waals surface area contributed by atoms with Crippen molar-refractivity contribution < 1.29 is 9.53 Å². The Morgan fingerprint density at radius 1 is 1.06 bits per heavy atom. The van der Waals surface area contributed by atoms with Crippen LogP contribution in [-0.2, 0) is 11.3 Å². The number of imidazole rings is 1. The number of anilines is 2. The molecular weight excluding hydrogens is 456 g/mol. The van der Waals surface area contributed by atoms with Crippen LogP contribution < -0.4 is 10.1 Å². The molecule has 36 heavy (non-hydrogen) atoms. The molecule has 1 aliphatic carbocycles. The van der Waals surface area contributed by atoms with E-state index in [0.29, 0.717) is 23.8 Å². The minimum absolute atomic E-state index is 0.297. The third-order valence-corrected chi connectivity index (χ3v) is 6.68. The second-order valence-corrected chi connectivity index (χ2v) is 9.30. The topological polar surface area (TPSA) is 112 Å². The molecule has 1 aromatic carbocycles. The molecule has 1 aliphatic heterocycles. The van der Waals surface area contributed by atoms with Crippen LogP contribution in [0.4, 0.5) is 11.8 Å². The number of H-pyrrole nitrogens is 1. The van der Waals surface area contributed by atoms with Gasteiger partial charge < -0.3 is 19.9 Å². The fourth-order valence-corrected chi connectivity index (χ4v) is 4.56. The van der Waals surface area contributed by atoms with Gasteiger partial charge in [-0.25, -0.2) is 15.0 Å². The molecule has 10 heteroatoms. The maximum absolute atomic E-state index is 12.3. The van der Waals surface area contributed by atoms with Crippen LogP contribution >= 0.6 is 0 Å². The summed E-state index contributed by atoms with van der Waals surface area (Å²) in [6.07, 6.45) is 5.62. The zero-order valence-electron chi connectivity index (χ0n) is 20.1. The monoisotopic (exact) mass is 484 g/mol. The van der Waals surface area contributed by atoms with E-state index in [1.54, 1.807) is 13.3 Å². The molecule has 2 aliphatic rings. The number of piperazine rings is 1. The summed E-state index contributed by atoms with van der Waals surface area (Å²) in [5.41, 5.74) is 4.63. The number of ether oxygens (including phenoxy) is 1. The summed E-state index contributed by atoms with van der Waals surface area (Å²) in [4.78, 5) is 37.6. The minimum atomic E-state index is 0.297. The van der Waals surface area contributed by atoms with Crippen molar-refractivity contribution in [1.82, 2.24) is 34.7 Å². The first kappa shape index (κ1) is 22.4. The van der Waals surface area contributed by atoms with Crippen LogP contribution in [0.15, 0.2) is 48.8 Å². The van der Waals surface area contributed by atoms with Gasteiger partial charge in [-0.1, -0.05) is 6.07 Å². The molecule has 0 radical (unpaired) electrons. The standard InChI is InChI=1S/C26H28N8O2/c1-36-26-28-9-7-20(31-26)19-4-5-21-22(15-19)30-25(29-21)32-23-14-17(6-8-27-23)16-33-10-12-34(13-11-33)24(35)18-2-3-18/h4-9,14-15,18H,2-3,10-13,16H2,1H3,(H2,27,29,30,32). The number of amides is 1. The maximum Gasteiger partial charge on any atom is 0.316 e. The maximum atomic E-state index is 12.3. The average molecular weight is 485 g/mol. The van der Waals surface area contributed by atoms with E-state index < -0.39 is 0 Å². The lowest BCUT2D eigenvalue weighted by molar-refractivity contribution is -0.134. The molecule has 2 N–H and O–H groups in total. The summed E-state index contributed by atoms with van der Waals surface area (Å²) >= 11 is 0. The molecule has 2 fully saturated rings. The number of aromatic nitrogens is 5. The molecule has 0 atom stereocenters. The quantitative estimate of drug-likeness (QED) is 0.411. The highest BCUT2D eigenvalue weighted by atomic mass is 16.5. The Hall–Kier alpha value is -4.05. The Morgan fingerprint density at radius 3 is 2.69 bits per heavy atom. The molecule has 0 unspecified atom stereocenters. The van der Waals surface area contributed by atoms with Gasteiger partial charge in [0.05, 0.1) is 23.8 Å². The second-order valence-electron chi connectivity index (χ2n) is 9.30. The van der Waals surface area contributed by atoms with Gasteiger partial charge in [-0.05, 0) is 48.7 Å².